The molecule has 0 aromatic rings. The molecule has 1 unspecified atom stereocenters. The smallest absolute Gasteiger partial charge is 0.318 e. The molecule has 1 heterocycles. The predicted octanol–water partition coefficient (Wildman–Crippen LogP) is 0.446. The van der Waals surface area contributed by atoms with Crippen molar-refractivity contribution in [2.24, 2.45) is 5.92 Å². The van der Waals surface area contributed by atoms with Crippen molar-refractivity contribution >= 4 is 24.6 Å². The summed E-state index contributed by atoms with van der Waals surface area (Å²) in [4.78, 5) is 25.4. The molecule has 0 aromatic heterocycles. The fourth-order valence-corrected chi connectivity index (χ4v) is 1.33. The SMILES string of the molecule is CC(CS)CN1C(=O)CN(C)C1=O. The number of nitrogens with zero attached hydrogens (tertiary/aromatic N) is 2. The highest BCUT2D eigenvalue weighted by Crippen LogP contribution is 2.11. The maximum absolute atomic E-state index is 11.4. The zero-order valence-electron chi connectivity index (χ0n) is 7.86. The Balaban J connectivity index is 2.59. The third-order valence-electron chi connectivity index (χ3n) is 2.04. The summed E-state index contributed by atoms with van der Waals surface area (Å²) in [5.74, 6) is 0.824. The molecule has 1 saturated heterocycles. The minimum absolute atomic E-state index is 0.110. The number of hydrogen-bond donors (Lipinski definition) is 1. The van der Waals surface area contributed by atoms with Crippen LogP contribution < -0.4 is 0 Å². The molecule has 3 amide bonds. The second kappa shape index (κ2) is 4.00. The van der Waals surface area contributed by atoms with Gasteiger partial charge in [-0.2, -0.15) is 12.6 Å². The number of hydrogen-bond acceptors (Lipinski definition) is 3. The van der Waals surface area contributed by atoms with E-state index in [1.165, 1.54) is 9.80 Å². The summed E-state index contributed by atoms with van der Waals surface area (Å²) in [6, 6.07) is -0.196. The Kier molecular flexibility index (Phi) is 3.19. The first-order valence-electron chi connectivity index (χ1n) is 4.22. The lowest BCUT2D eigenvalue weighted by Gasteiger charge is -2.17. The van der Waals surface area contributed by atoms with Gasteiger partial charge in [-0.3, -0.25) is 9.69 Å². The summed E-state index contributed by atoms with van der Waals surface area (Å²) in [6.45, 7) is 2.65. The van der Waals surface area contributed by atoms with Crippen LogP contribution in [0.15, 0.2) is 0 Å². The van der Waals surface area contributed by atoms with Crippen LogP contribution in [0.25, 0.3) is 0 Å². The number of rotatable bonds is 3. The Bertz CT molecular complexity index is 232. The van der Waals surface area contributed by atoms with Crippen LogP contribution >= 0.6 is 12.6 Å². The Morgan fingerprint density at radius 1 is 1.54 bits per heavy atom. The summed E-state index contributed by atoms with van der Waals surface area (Å²) in [5, 5.41) is 0. The molecule has 1 aliphatic heterocycles. The molecule has 1 rings (SSSR count). The molecule has 0 aromatic carbocycles. The maximum atomic E-state index is 11.4. The second-order valence-electron chi connectivity index (χ2n) is 3.43. The molecule has 4 nitrogen and oxygen atoms in total. The highest BCUT2D eigenvalue weighted by molar-refractivity contribution is 7.80. The quantitative estimate of drug-likeness (QED) is 0.533. The van der Waals surface area contributed by atoms with Gasteiger partial charge in [0, 0.05) is 13.6 Å². The largest absolute Gasteiger partial charge is 0.326 e. The van der Waals surface area contributed by atoms with Crippen LogP contribution in [0, 0.1) is 5.92 Å². The van der Waals surface area contributed by atoms with E-state index in [0.29, 0.717) is 12.3 Å². The zero-order valence-corrected chi connectivity index (χ0v) is 8.75. The molecule has 0 N–H and O–H groups in total. The number of imide groups is 1. The van der Waals surface area contributed by atoms with Crippen LogP contribution in [0.4, 0.5) is 4.79 Å². The second-order valence-corrected chi connectivity index (χ2v) is 3.80. The van der Waals surface area contributed by atoms with Gasteiger partial charge in [-0.15, -0.1) is 0 Å². The molecular weight excluding hydrogens is 188 g/mol. The average molecular weight is 202 g/mol. The number of thiol groups is 1. The summed E-state index contributed by atoms with van der Waals surface area (Å²) in [6.07, 6.45) is 0. The van der Waals surface area contributed by atoms with Crippen molar-refractivity contribution in [3.8, 4) is 0 Å². The van der Waals surface area contributed by atoms with E-state index in [0.717, 1.165) is 0 Å². The highest BCUT2D eigenvalue weighted by Gasteiger charge is 2.33. The van der Waals surface area contributed by atoms with Gasteiger partial charge in [0.05, 0.1) is 0 Å². The van der Waals surface area contributed by atoms with E-state index >= 15 is 0 Å². The predicted molar refractivity (Wildman–Crippen MR) is 52.8 cm³/mol. The summed E-state index contributed by atoms with van der Waals surface area (Å²) in [7, 11) is 1.63. The summed E-state index contributed by atoms with van der Waals surface area (Å²) >= 11 is 4.11. The monoisotopic (exact) mass is 202 g/mol. The van der Waals surface area contributed by atoms with Crippen molar-refractivity contribution in [1.82, 2.24) is 9.80 Å². The van der Waals surface area contributed by atoms with Gasteiger partial charge in [0.2, 0.25) is 5.91 Å². The minimum Gasteiger partial charge on any atom is -0.318 e. The van der Waals surface area contributed by atoms with Crippen LogP contribution in [-0.2, 0) is 4.79 Å². The van der Waals surface area contributed by atoms with E-state index in [2.05, 4.69) is 12.6 Å². The van der Waals surface area contributed by atoms with E-state index in [9.17, 15) is 9.59 Å². The van der Waals surface area contributed by atoms with Crippen LogP contribution in [-0.4, -0.2) is 47.6 Å². The van der Waals surface area contributed by atoms with E-state index in [4.69, 9.17) is 0 Å². The number of carbonyl (C=O) groups is 2. The lowest BCUT2D eigenvalue weighted by molar-refractivity contribution is -0.125. The van der Waals surface area contributed by atoms with Crippen LogP contribution in [0.3, 0.4) is 0 Å². The van der Waals surface area contributed by atoms with Gasteiger partial charge in [0.25, 0.3) is 0 Å². The molecule has 0 saturated carbocycles. The Hall–Kier alpha value is -0.710. The van der Waals surface area contributed by atoms with Crippen molar-refractivity contribution in [2.45, 2.75) is 6.92 Å². The Morgan fingerprint density at radius 3 is 2.54 bits per heavy atom. The van der Waals surface area contributed by atoms with Gasteiger partial charge in [0.1, 0.15) is 6.54 Å². The molecule has 0 bridgehead atoms. The lowest BCUT2D eigenvalue weighted by atomic mass is 10.2. The fourth-order valence-electron chi connectivity index (χ4n) is 1.22. The first kappa shape index (κ1) is 10.4. The third-order valence-corrected chi connectivity index (χ3v) is 2.66. The number of carbonyl (C=O) groups excluding carboxylic acids is 2. The van der Waals surface area contributed by atoms with Crippen molar-refractivity contribution < 1.29 is 9.59 Å². The highest BCUT2D eigenvalue weighted by atomic mass is 32.1. The topological polar surface area (TPSA) is 40.6 Å². The van der Waals surface area contributed by atoms with Gasteiger partial charge in [0.15, 0.2) is 0 Å². The zero-order chi connectivity index (χ0) is 10.0. The van der Waals surface area contributed by atoms with Crippen molar-refractivity contribution in [2.75, 3.05) is 25.9 Å². The fraction of sp³-hybridized carbons (Fsp3) is 0.750. The first-order chi connectivity index (χ1) is 6.06. The maximum Gasteiger partial charge on any atom is 0.326 e. The normalized spacial score (nSPS) is 19.9. The van der Waals surface area contributed by atoms with E-state index in [-0.39, 0.29) is 24.4 Å². The van der Waals surface area contributed by atoms with Crippen LogP contribution in [0.1, 0.15) is 6.92 Å². The number of amides is 3. The van der Waals surface area contributed by atoms with Crippen LogP contribution in [0.2, 0.25) is 0 Å². The van der Waals surface area contributed by atoms with Gasteiger partial charge in [-0.05, 0) is 11.7 Å². The van der Waals surface area contributed by atoms with E-state index in [1.54, 1.807) is 7.05 Å². The molecule has 1 aliphatic rings. The molecule has 0 radical (unpaired) electrons. The molecule has 74 valence electrons. The molecule has 1 atom stereocenters. The Morgan fingerprint density at radius 2 is 2.15 bits per heavy atom. The third kappa shape index (κ3) is 2.15. The van der Waals surface area contributed by atoms with Crippen molar-refractivity contribution in [3.63, 3.8) is 0 Å². The van der Waals surface area contributed by atoms with Crippen LogP contribution in [0.5, 0.6) is 0 Å². The molecular formula is C8H14N2O2S. The van der Waals surface area contributed by atoms with E-state index < -0.39 is 0 Å². The molecule has 0 spiro atoms. The lowest BCUT2D eigenvalue weighted by Crippen LogP contribution is -2.35. The summed E-state index contributed by atoms with van der Waals surface area (Å²) in [5.41, 5.74) is 0. The van der Waals surface area contributed by atoms with Crippen molar-refractivity contribution in [1.29, 1.82) is 0 Å². The standard InChI is InChI=1S/C8H14N2O2S/c1-6(5-13)3-10-7(11)4-9(2)8(10)12/h6,13H,3-5H2,1-2H3. The van der Waals surface area contributed by atoms with Crippen molar-refractivity contribution in [3.05, 3.63) is 0 Å². The molecule has 13 heavy (non-hydrogen) atoms. The average Bonchev–Trinajstić information content (AvgIpc) is 2.32. The molecule has 0 aliphatic carbocycles. The first-order valence-corrected chi connectivity index (χ1v) is 4.85. The van der Waals surface area contributed by atoms with Gasteiger partial charge in [-0.25, -0.2) is 4.79 Å². The molecule has 1 fully saturated rings. The number of likely N-dealkylation sites (N-methyl/N-ethyl adjacent to an activating group) is 1. The minimum atomic E-state index is -0.196. The van der Waals surface area contributed by atoms with Gasteiger partial charge in [-0.1, -0.05) is 6.92 Å². The Labute approximate surface area is 83.3 Å². The number of urea groups is 1. The van der Waals surface area contributed by atoms with E-state index in [1.807, 2.05) is 6.92 Å². The van der Waals surface area contributed by atoms with Gasteiger partial charge >= 0.3 is 6.03 Å². The molecule has 5 heteroatoms. The van der Waals surface area contributed by atoms with Gasteiger partial charge < -0.3 is 4.90 Å². The summed E-state index contributed by atoms with van der Waals surface area (Å²) < 4.78 is 0.